The minimum atomic E-state index is -0.758. The van der Waals surface area contributed by atoms with Gasteiger partial charge in [0.15, 0.2) is 0 Å². The molecule has 0 heterocycles. The smallest absolute Gasteiger partial charge is 0.0536 e. The van der Waals surface area contributed by atoms with Crippen LogP contribution >= 0.6 is 0 Å². The van der Waals surface area contributed by atoms with Crippen LogP contribution in [0, 0.1) is 10.8 Å². The third-order valence-corrected chi connectivity index (χ3v) is 7.56. The van der Waals surface area contributed by atoms with E-state index in [0.29, 0.717) is 0 Å². The molecule has 0 rings (SSSR count). The van der Waals surface area contributed by atoms with E-state index in [0.717, 1.165) is 38.5 Å². The number of unbranched alkanes of at least 4 members (excludes halogenated alkanes) is 13. The Morgan fingerprint density at radius 2 is 0.633 bits per heavy atom. The van der Waals surface area contributed by atoms with Crippen LogP contribution in [0.1, 0.15) is 143 Å². The molecule has 0 saturated heterocycles. The lowest BCUT2D eigenvalue weighted by atomic mass is 9.57. The largest absolute Gasteiger partial charge is 0.396 e. The summed E-state index contributed by atoms with van der Waals surface area (Å²) in [5.74, 6) is 0. The Bertz CT molecular complexity index is 330. The fourth-order valence-electron chi connectivity index (χ4n) is 5.20. The maximum Gasteiger partial charge on any atom is 0.0536 e. The Kier molecular flexibility index (Phi) is 19.5. The molecule has 0 amide bonds. The summed E-state index contributed by atoms with van der Waals surface area (Å²) in [4.78, 5) is 0. The van der Waals surface area contributed by atoms with Crippen LogP contribution in [0.25, 0.3) is 0 Å². The average molecular weight is 429 g/mol. The summed E-state index contributed by atoms with van der Waals surface area (Å²) < 4.78 is 0. The molecule has 0 aliphatic rings. The van der Waals surface area contributed by atoms with Crippen molar-refractivity contribution in [3.63, 3.8) is 0 Å². The number of hydrogen-bond acceptors (Lipinski definition) is 3. The van der Waals surface area contributed by atoms with E-state index in [4.69, 9.17) is 0 Å². The molecule has 0 saturated carbocycles. The van der Waals surface area contributed by atoms with E-state index < -0.39 is 5.41 Å². The van der Waals surface area contributed by atoms with E-state index >= 15 is 0 Å². The zero-order chi connectivity index (χ0) is 22.6. The van der Waals surface area contributed by atoms with E-state index in [-0.39, 0.29) is 25.2 Å². The molecule has 30 heavy (non-hydrogen) atoms. The fourth-order valence-corrected chi connectivity index (χ4v) is 5.20. The van der Waals surface area contributed by atoms with Crippen LogP contribution < -0.4 is 0 Å². The second kappa shape index (κ2) is 19.6. The van der Waals surface area contributed by atoms with Crippen molar-refractivity contribution in [1.82, 2.24) is 0 Å². The van der Waals surface area contributed by atoms with Crippen molar-refractivity contribution in [2.45, 2.75) is 143 Å². The molecule has 0 aromatic heterocycles. The molecule has 0 aliphatic carbocycles. The average Bonchev–Trinajstić information content (AvgIpc) is 2.77. The first-order valence-corrected chi connectivity index (χ1v) is 13.4. The normalized spacial score (nSPS) is 12.6. The molecule has 0 aromatic carbocycles. The van der Waals surface area contributed by atoms with Crippen LogP contribution in [-0.2, 0) is 0 Å². The molecule has 3 nitrogen and oxygen atoms in total. The first-order chi connectivity index (χ1) is 14.6. The second-order valence-corrected chi connectivity index (χ2v) is 9.88. The Labute approximate surface area is 189 Å². The summed E-state index contributed by atoms with van der Waals surface area (Å²) in [5, 5.41) is 31.0. The molecule has 0 unspecified atom stereocenters. The van der Waals surface area contributed by atoms with Gasteiger partial charge in [-0.15, -0.1) is 0 Å². The van der Waals surface area contributed by atoms with Gasteiger partial charge in [0.2, 0.25) is 0 Å². The third kappa shape index (κ3) is 11.0. The molecule has 0 atom stereocenters. The van der Waals surface area contributed by atoms with Gasteiger partial charge < -0.3 is 15.3 Å². The van der Waals surface area contributed by atoms with Crippen molar-refractivity contribution in [2.24, 2.45) is 10.8 Å². The minimum absolute atomic E-state index is 0.111. The Balaban J connectivity index is 5.25. The van der Waals surface area contributed by atoms with E-state index in [2.05, 4.69) is 20.8 Å². The molecule has 0 aromatic rings. The maximum absolute atomic E-state index is 10.3. The molecule has 0 fully saturated rings. The van der Waals surface area contributed by atoms with Crippen LogP contribution in [0.3, 0.4) is 0 Å². The number of rotatable bonds is 23. The molecular formula is C27H56O3. The monoisotopic (exact) mass is 428 g/mol. The van der Waals surface area contributed by atoms with Gasteiger partial charge in [0.05, 0.1) is 19.8 Å². The molecular weight excluding hydrogens is 372 g/mol. The van der Waals surface area contributed by atoms with Gasteiger partial charge in [-0.25, -0.2) is 0 Å². The fraction of sp³-hybridized carbons (Fsp3) is 1.00. The van der Waals surface area contributed by atoms with E-state index in [1.165, 1.54) is 83.5 Å². The van der Waals surface area contributed by atoms with E-state index in [9.17, 15) is 15.3 Å². The summed E-state index contributed by atoms with van der Waals surface area (Å²) in [5.41, 5.74) is -0.902. The van der Waals surface area contributed by atoms with Crippen molar-refractivity contribution in [1.29, 1.82) is 0 Å². The van der Waals surface area contributed by atoms with Crippen LogP contribution in [-0.4, -0.2) is 35.1 Å². The van der Waals surface area contributed by atoms with Gasteiger partial charge in [-0.1, -0.05) is 124 Å². The van der Waals surface area contributed by atoms with Crippen LogP contribution in [0.2, 0.25) is 0 Å². The first kappa shape index (κ1) is 29.9. The highest BCUT2D eigenvalue weighted by atomic mass is 16.3. The van der Waals surface area contributed by atoms with Crippen LogP contribution in [0.5, 0.6) is 0 Å². The van der Waals surface area contributed by atoms with Gasteiger partial charge in [-0.2, -0.15) is 0 Å². The lowest BCUT2D eigenvalue weighted by Crippen LogP contribution is -2.50. The number of aliphatic hydroxyl groups is 3. The van der Waals surface area contributed by atoms with Crippen molar-refractivity contribution in [3.8, 4) is 0 Å². The van der Waals surface area contributed by atoms with Gasteiger partial charge in [0.1, 0.15) is 0 Å². The predicted octanol–water partition coefficient (Wildman–Crippen LogP) is 7.41. The molecule has 0 radical (unpaired) electrons. The Morgan fingerprint density at radius 1 is 0.367 bits per heavy atom. The van der Waals surface area contributed by atoms with Gasteiger partial charge in [-0.3, -0.25) is 0 Å². The predicted molar refractivity (Wildman–Crippen MR) is 131 cm³/mol. The summed E-state index contributed by atoms with van der Waals surface area (Å²) in [6.45, 7) is 6.40. The highest BCUT2D eigenvalue weighted by Crippen LogP contribution is 2.51. The number of hydrogen-bond donors (Lipinski definition) is 3. The summed E-state index contributed by atoms with van der Waals surface area (Å²) >= 11 is 0. The van der Waals surface area contributed by atoms with Crippen LogP contribution in [0.4, 0.5) is 0 Å². The summed E-state index contributed by atoms with van der Waals surface area (Å²) in [6, 6.07) is 0. The minimum Gasteiger partial charge on any atom is -0.396 e. The van der Waals surface area contributed by atoms with E-state index in [1.807, 2.05) is 0 Å². The quantitative estimate of drug-likeness (QED) is 0.148. The van der Waals surface area contributed by atoms with Gasteiger partial charge in [-0.05, 0) is 24.7 Å². The molecule has 182 valence electrons. The number of aliphatic hydroxyl groups excluding tert-OH is 3. The van der Waals surface area contributed by atoms with Gasteiger partial charge in [0.25, 0.3) is 0 Å². The maximum atomic E-state index is 10.3. The first-order valence-electron chi connectivity index (χ1n) is 13.4. The van der Waals surface area contributed by atoms with E-state index in [1.54, 1.807) is 0 Å². The second-order valence-electron chi connectivity index (χ2n) is 9.88. The zero-order valence-corrected chi connectivity index (χ0v) is 20.9. The van der Waals surface area contributed by atoms with Crippen molar-refractivity contribution in [2.75, 3.05) is 19.8 Å². The van der Waals surface area contributed by atoms with Crippen molar-refractivity contribution < 1.29 is 15.3 Å². The Morgan fingerprint density at radius 3 is 0.900 bits per heavy atom. The molecule has 3 N–H and O–H groups in total. The molecule has 0 spiro atoms. The SMILES string of the molecule is CCCCCCCCC(CCCCCCC)(CCCCCCC)C(CO)(CO)CO. The van der Waals surface area contributed by atoms with Gasteiger partial charge >= 0.3 is 0 Å². The summed E-state index contributed by atoms with van der Waals surface area (Å²) in [7, 11) is 0. The lowest BCUT2D eigenvalue weighted by molar-refractivity contribution is -0.109. The highest BCUT2D eigenvalue weighted by molar-refractivity contribution is 4.97. The highest BCUT2D eigenvalue weighted by Gasteiger charge is 2.48. The van der Waals surface area contributed by atoms with Crippen molar-refractivity contribution in [3.05, 3.63) is 0 Å². The lowest BCUT2D eigenvalue weighted by Gasteiger charge is -2.49. The molecule has 0 bridgehead atoms. The molecule has 3 heteroatoms. The summed E-state index contributed by atoms with van der Waals surface area (Å²) in [6.07, 6.45) is 23.0. The van der Waals surface area contributed by atoms with Gasteiger partial charge in [0, 0.05) is 5.41 Å². The van der Waals surface area contributed by atoms with Crippen molar-refractivity contribution >= 4 is 0 Å². The Hall–Kier alpha value is -0.120. The van der Waals surface area contributed by atoms with Crippen LogP contribution in [0.15, 0.2) is 0 Å². The zero-order valence-electron chi connectivity index (χ0n) is 20.9. The molecule has 0 aliphatic heterocycles. The third-order valence-electron chi connectivity index (χ3n) is 7.56. The standard InChI is InChI=1S/C27H56O3/c1-4-7-10-13-16-19-22-26(20-17-14-11-8-5-2,21-18-15-12-9-6-3)27(23-28,24-29)25-30/h28-30H,4-25H2,1-3H3. The topological polar surface area (TPSA) is 60.7 Å².